The summed E-state index contributed by atoms with van der Waals surface area (Å²) in [6, 6.07) is 0. The molecular weight excluding hydrogens is 324 g/mol. The molecule has 0 saturated carbocycles. The SMILES string of the molecule is O=P(O)(O)OP(=O)(O)OC1(C(O)CO)C=NC=CS1. The van der Waals surface area contributed by atoms with E-state index in [1.807, 2.05) is 0 Å². The maximum atomic E-state index is 11.5. The van der Waals surface area contributed by atoms with Crippen LogP contribution in [0.25, 0.3) is 0 Å². The summed E-state index contributed by atoms with van der Waals surface area (Å²) in [6.45, 7) is -0.844. The second-order valence-corrected chi connectivity index (χ2v) is 7.13. The molecule has 1 aliphatic heterocycles. The molecule has 0 spiro atoms. The fourth-order valence-corrected chi connectivity index (χ4v) is 3.97. The maximum absolute atomic E-state index is 11.5. The highest BCUT2D eigenvalue weighted by Gasteiger charge is 2.47. The van der Waals surface area contributed by atoms with Crippen molar-refractivity contribution < 1.29 is 42.9 Å². The van der Waals surface area contributed by atoms with Gasteiger partial charge in [0, 0.05) is 6.20 Å². The zero-order valence-electron chi connectivity index (χ0n) is 9.14. The van der Waals surface area contributed by atoms with Gasteiger partial charge in [0.05, 0.1) is 12.8 Å². The standard InChI is InChI=1S/C6H11NO9P2S/c8-3-5(9)6(4-7-1-2-19-6)15-18(13,14)16-17(10,11)12/h1-2,4-5,8-9H,3H2,(H,13,14)(H2,10,11,12). The Kier molecular flexibility index (Phi) is 5.50. The van der Waals surface area contributed by atoms with Gasteiger partial charge in [-0.05, 0) is 5.41 Å². The molecule has 3 atom stereocenters. The largest absolute Gasteiger partial charge is 0.482 e. The van der Waals surface area contributed by atoms with E-state index in [0.29, 0.717) is 11.8 Å². The molecule has 0 aromatic heterocycles. The first kappa shape index (κ1) is 17.0. The third kappa shape index (κ3) is 5.09. The van der Waals surface area contributed by atoms with Gasteiger partial charge in [0.2, 0.25) is 0 Å². The maximum Gasteiger partial charge on any atom is 0.482 e. The molecule has 3 unspecified atom stereocenters. The van der Waals surface area contributed by atoms with Gasteiger partial charge in [-0.2, -0.15) is 4.31 Å². The van der Waals surface area contributed by atoms with E-state index in [2.05, 4.69) is 13.8 Å². The average molecular weight is 335 g/mol. The molecule has 1 rings (SSSR count). The number of aliphatic imine (C=N–C) groups is 1. The molecule has 10 nitrogen and oxygen atoms in total. The van der Waals surface area contributed by atoms with Gasteiger partial charge in [-0.15, -0.1) is 0 Å². The van der Waals surface area contributed by atoms with Crippen molar-refractivity contribution in [3.8, 4) is 0 Å². The first-order chi connectivity index (χ1) is 8.60. The van der Waals surface area contributed by atoms with Crippen LogP contribution in [0, 0.1) is 0 Å². The Morgan fingerprint density at radius 2 is 2.00 bits per heavy atom. The van der Waals surface area contributed by atoms with Crippen LogP contribution in [0.5, 0.6) is 0 Å². The summed E-state index contributed by atoms with van der Waals surface area (Å²) < 4.78 is 30.1. The van der Waals surface area contributed by atoms with Gasteiger partial charge in [0.1, 0.15) is 6.10 Å². The molecule has 1 aliphatic rings. The van der Waals surface area contributed by atoms with Gasteiger partial charge in [-0.3, -0.25) is 9.52 Å². The minimum absolute atomic E-state index is 0.669. The fraction of sp³-hybridized carbons (Fsp3) is 0.500. The number of thioether (sulfide) groups is 1. The van der Waals surface area contributed by atoms with E-state index in [0.717, 1.165) is 6.21 Å². The molecule has 0 aliphatic carbocycles. The smallest absolute Gasteiger partial charge is 0.394 e. The summed E-state index contributed by atoms with van der Waals surface area (Å²) in [4.78, 5) is 27.8. The van der Waals surface area contributed by atoms with Crippen molar-refractivity contribution in [3.05, 3.63) is 11.6 Å². The van der Waals surface area contributed by atoms with Gasteiger partial charge in [0.25, 0.3) is 0 Å². The van der Waals surface area contributed by atoms with Crippen LogP contribution in [0.3, 0.4) is 0 Å². The number of aliphatic hydroxyl groups excluding tert-OH is 2. The molecule has 0 saturated heterocycles. The van der Waals surface area contributed by atoms with E-state index in [1.54, 1.807) is 0 Å². The van der Waals surface area contributed by atoms with E-state index in [4.69, 9.17) is 14.9 Å². The summed E-state index contributed by atoms with van der Waals surface area (Å²) in [6.07, 6.45) is 0.513. The first-order valence-corrected chi connectivity index (χ1v) is 8.47. The zero-order chi connectivity index (χ0) is 14.7. The number of nitrogens with zero attached hydrogens (tertiary/aromatic N) is 1. The summed E-state index contributed by atoms with van der Waals surface area (Å²) >= 11 is 0.669. The molecule has 1 heterocycles. The lowest BCUT2D eigenvalue weighted by molar-refractivity contribution is 0.00214. The lowest BCUT2D eigenvalue weighted by Crippen LogP contribution is -2.45. The molecule has 0 amide bonds. The van der Waals surface area contributed by atoms with Crippen molar-refractivity contribution in [2.45, 2.75) is 11.0 Å². The van der Waals surface area contributed by atoms with E-state index >= 15 is 0 Å². The van der Waals surface area contributed by atoms with E-state index in [1.165, 1.54) is 11.6 Å². The van der Waals surface area contributed by atoms with Crippen LogP contribution in [0.1, 0.15) is 0 Å². The fourth-order valence-electron chi connectivity index (χ4n) is 1.08. The third-order valence-electron chi connectivity index (χ3n) is 1.76. The summed E-state index contributed by atoms with van der Waals surface area (Å²) in [5.41, 5.74) is 0. The average Bonchev–Trinajstić information content (AvgIpc) is 2.25. The lowest BCUT2D eigenvalue weighted by Gasteiger charge is -2.33. The molecule has 19 heavy (non-hydrogen) atoms. The van der Waals surface area contributed by atoms with Crippen molar-refractivity contribution in [2.24, 2.45) is 4.99 Å². The highest BCUT2D eigenvalue weighted by molar-refractivity contribution is 8.04. The van der Waals surface area contributed by atoms with Crippen LogP contribution in [0.4, 0.5) is 0 Å². The van der Waals surface area contributed by atoms with E-state index < -0.39 is 33.3 Å². The Hall–Kier alpha value is -0.0600. The third-order valence-corrected chi connectivity index (χ3v) is 5.18. The Balaban J connectivity index is 2.96. The second kappa shape index (κ2) is 6.15. The van der Waals surface area contributed by atoms with Crippen LogP contribution >= 0.6 is 27.4 Å². The molecule has 0 bridgehead atoms. The molecule has 0 aromatic rings. The van der Waals surface area contributed by atoms with E-state index in [-0.39, 0.29) is 0 Å². The summed E-state index contributed by atoms with van der Waals surface area (Å²) in [5, 5.41) is 19.8. The van der Waals surface area contributed by atoms with Crippen molar-refractivity contribution in [2.75, 3.05) is 6.61 Å². The molecule has 0 aromatic carbocycles. The Bertz CT molecular complexity index is 475. The van der Waals surface area contributed by atoms with Gasteiger partial charge in [0.15, 0.2) is 4.93 Å². The van der Waals surface area contributed by atoms with Gasteiger partial charge in [-0.25, -0.2) is 9.13 Å². The van der Waals surface area contributed by atoms with Crippen molar-refractivity contribution in [1.82, 2.24) is 0 Å². The Morgan fingerprint density at radius 1 is 1.37 bits per heavy atom. The van der Waals surface area contributed by atoms with Crippen LogP contribution in [0.15, 0.2) is 16.6 Å². The van der Waals surface area contributed by atoms with Crippen LogP contribution < -0.4 is 0 Å². The minimum atomic E-state index is -5.28. The second-order valence-electron chi connectivity index (χ2n) is 3.23. The quantitative estimate of drug-likeness (QED) is 0.401. The van der Waals surface area contributed by atoms with E-state index in [9.17, 15) is 19.1 Å². The molecule has 110 valence electrons. The number of aliphatic hydroxyl groups is 2. The highest BCUT2D eigenvalue weighted by atomic mass is 32.2. The van der Waals surface area contributed by atoms with Crippen molar-refractivity contribution in [1.29, 1.82) is 0 Å². The molecule has 5 N–H and O–H groups in total. The normalized spacial score (nSPS) is 28.1. The summed E-state index contributed by atoms with van der Waals surface area (Å²) in [5.74, 6) is 0. The molecule has 13 heteroatoms. The predicted molar refractivity (Wildman–Crippen MR) is 65.1 cm³/mol. The number of rotatable bonds is 6. The van der Waals surface area contributed by atoms with Crippen LogP contribution in [-0.4, -0.2) is 48.8 Å². The predicted octanol–water partition coefficient (Wildman–Crippen LogP) is -0.449. The molecule has 0 radical (unpaired) electrons. The minimum Gasteiger partial charge on any atom is -0.394 e. The Labute approximate surface area is 111 Å². The van der Waals surface area contributed by atoms with Crippen molar-refractivity contribution in [3.63, 3.8) is 0 Å². The highest BCUT2D eigenvalue weighted by Crippen LogP contribution is 2.60. The monoisotopic (exact) mass is 335 g/mol. The number of phosphoric ester groups is 1. The lowest BCUT2D eigenvalue weighted by atomic mass is 10.2. The topological polar surface area (TPSA) is 166 Å². The van der Waals surface area contributed by atoms with Gasteiger partial charge < -0.3 is 24.9 Å². The van der Waals surface area contributed by atoms with Crippen LogP contribution in [-0.2, 0) is 18.0 Å². The van der Waals surface area contributed by atoms with Crippen molar-refractivity contribution >= 4 is 33.6 Å². The summed E-state index contributed by atoms with van der Waals surface area (Å²) in [7, 11) is -10.5. The number of hydrogen-bond donors (Lipinski definition) is 5. The molecule has 0 fully saturated rings. The first-order valence-electron chi connectivity index (χ1n) is 4.57. The van der Waals surface area contributed by atoms with Gasteiger partial charge in [-0.1, -0.05) is 11.8 Å². The Morgan fingerprint density at radius 3 is 2.42 bits per heavy atom. The number of phosphoric acid groups is 2. The number of hydrogen-bond acceptors (Lipinski definition) is 8. The van der Waals surface area contributed by atoms with Gasteiger partial charge >= 0.3 is 15.6 Å². The zero-order valence-corrected chi connectivity index (χ0v) is 11.7. The van der Waals surface area contributed by atoms with Crippen LogP contribution in [0.2, 0.25) is 0 Å². The molecular formula is C6H11NO9P2S.